The van der Waals surface area contributed by atoms with Crippen molar-refractivity contribution in [2.75, 3.05) is 6.61 Å². The number of rotatable bonds is 5. The number of carbonyl (C=O) groups excluding carboxylic acids is 2. The van der Waals surface area contributed by atoms with Crippen molar-refractivity contribution < 1.29 is 24.5 Å². The van der Waals surface area contributed by atoms with Gasteiger partial charge in [0.05, 0.1) is 6.61 Å². The van der Waals surface area contributed by atoms with Gasteiger partial charge >= 0.3 is 5.97 Å². The van der Waals surface area contributed by atoms with Crippen LogP contribution < -0.4 is 5.73 Å². The molecule has 1 amide bonds. The third-order valence-corrected chi connectivity index (χ3v) is 2.37. The fourth-order valence-corrected chi connectivity index (χ4v) is 1.51. The molecule has 4 N–H and O–H groups in total. The normalized spacial score (nSPS) is 13.7. The Morgan fingerprint density at radius 2 is 1.94 bits per heavy atom. The van der Waals surface area contributed by atoms with Crippen molar-refractivity contribution in [1.82, 2.24) is 0 Å². The Morgan fingerprint density at radius 1 is 1.33 bits per heavy atom. The molecule has 0 aliphatic heterocycles. The van der Waals surface area contributed by atoms with Crippen LogP contribution in [0.1, 0.15) is 28.9 Å². The zero-order valence-electron chi connectivity index (χ0n) is 9.87. The highest BCUT2D eigenvalue weighted by atomic mass is 16.5. The third-order valence-electron chi connectivity index (χ3n) is 2.37. The molecule has 0 heterocycles. The molecule has 18 heavy (non-hydrogen) atoms. The lowest BCUT2D eigenvalue weighted by molar-refractivity contribution is -0.159. The molecule has 1 rings (SSSR count). The molecule has 0 aromatic heterocycles. The number of carbonyl (C=O) groups is 2. The first-order valence-corrected chi connectivity index (χ1v) is 5.40. The number of benzene rings is 1. The van der Waals surface area contributed by atoms with Gasteiger partial charge in [-0.1, -0.05) is 18.2 Å². The van der Waals surface area contributed by atoms with E-state index < -0.39 is 24.1 Å². The summed E-state index contributed by atoms with van der Waals surface area (Å²) in [5.41, 5.74) is 5.28. The van der Waals surface area contributed by atoms with Crippen LogP contribution in [0.2, 0.25) is 0 Å². The molecule has 0 saturated heterocycles. The average Bonchev–Trinajstić information content (AvgIpc) is 2.37. The summed E-state index contributed by atoms with van der Waals surface area (Å²) in [5.74, 6) is -1.70. The number of nitrogens with two attached hydrogens (primary N) is 1. The van der Waals surface area contributed by atoms with E-state index >= 15 is 0 Å². The first-order valence-electron chi connectivity index (χ1n) is 5.40. The Balaban J connectivity index is 2.99. The van der Waals surface area contributed by atoms with Crippen molar-refractivity contribution in [3.8, 4) is 0 Å². The minimum Gasteiger partial charge on any atom is -0.464 e. The summed E-state index contributed by atoms with van der Waals surface area (Å²) in [6.07, 6.45) is -3.32. The van der Waals surface area contributed by atoms with Crippen molar-refractivity contribution in [2.45, 2.75) is 19.1 Å². The fourth-order valence-electron chi connectivity index (χ4n) is 1.51. The van der Waals surface area contributed by atoms with E-state index in [-0.39, 0.29) is 17.7 Å². The van der Waals surface area contributed by atoms with Crippen LogP contribution in [-0.2, 0) is 9.53 Å². The van der Waals surface area contributed by atoms with Gasteiger partial charge in [0.2, 0.25) is 5.91 Å². The fraction of sp³-hybridized carbons (Fsp3) is 0.333. The lowest BCUT2D eigenvalue weighted by Gasteiger charge is -2.18. The Kier molecular flexibility index (Phi) is 4.82. The molecule has 0 spiro atoms. The number of primary amides is 1. The maximum atomic E-state index is 11.3. The summed E-state index contributed by atoms with van der Waals surface area (Å²) in [5, 5.41) is 19.5. The third kappa shape index (κ3) is 3.06. The second-order valence-corrected chi connectivity index (χ2v) is 3.59. The summed E-state index contributed by atoms with van der Waals surface area (Å²) in [6, 6.07) is 5.93. The molecule has 6 heteroatoms. The second kappa shape index (κ2) is 6.13. The topological polar surface area (TPSA) is 110 Å². The quantitative estimate of drug-likeness (QED) is 0.626. The van der Waals surface area contributed by atoms with Crippen LogP contribution in [0.5, 0.6) is 0 Å². The molecule has 0 aliphatic carbocycles. The Bertz CT molecular complexity index is 446. The van der Waals surface area contributed by atoms with Crippen LogP contribution in [0.4, 0.5) is 0 Å². The van der Waals surface area contributed by atoms with Crippen LogP contribution in [0, 0.1) is 0 Å². The van der Waals surface area contributed by atoms with Crippen LogP contribution in [-0.4, -0.2) is 34.8 Å². The second-order valence-electron chi connectivity index (χ2n) is 3.59. The maximum absolute atomic E-state index is 11.3. The molecule has 0 fully saturated rings. The molecule has 0 bridgehead atoms. The van der Waals surface area contributed by atoms with Gasteiger partial charge in [-0.15, -0.1) is 0 Å². The number of hydrogen-bond donors (Lipinski definition) is 3. The smallest absolute Gasteiger partial charge is 0.338 e. The Hall–Kier alpha value is -1.92. The molecule has 6 nitrogen and oxygen atoms in total. The summed E-state index contributed by atoms with van der Waals surface area (Å²) in [4.78, 5) is 22.4. The molecule has 2 unspecified atom stereocenters. The molecule has 0 radical (unpaired) electrons. The van der Waals surface area contributed by atoms with E-state index in [1.807, 2.05) is 0 Å². The van der Waals surface area contributed by atoms with E-state index in [4.69, 9.17) is 5.73 Å². The lowest BCUT2D eigenvalue weighted by Crippen LogP contribution is -2.31. The largest absolute Gasteiger partial charge is 0.464 e. The van der Waals surface area contributed by atoms with E-state index in [2.05, 4.69) is 4.74 Å². The summed E-state index contributed by atoms with van der Waals surface area (Å²) < 4.78 is 4.58. The molecule has 0 saturated carbocycles. The van der Waals surface area contributed by atoms with E-state index in [0.717, 1.165) is 0 Å². The monoisotopic (exact) mass is 253 g/mol. The minimum atomic E-state index is -1.76. The number of ether oxygens (including phenoxy) is 1. The minimum absolute atomic E-state index is 0.0494. The SMILES string of the molecule is CCOC(=O)C(O)C(O)c1ccccc1C(N)=O. The predicted octanol–water partition coefficient (Wildman–Crippen LogP) is -0.257. The highest BCUT2D eigenvalue weighted by Crippen LogP contribution is 2.21. The standard InChI is InChI=1S/C12H15NO5/c1-2-18-12(17)10(15)9(14)7-5-3-4-6-8(7)11(13)16/h3-6,9-10,14-15H,2H2,1H3,(H2,13,16). The number of aliphatic hydroxyl groups is 2. The van der Waals surface area contributed by atoms with Crippen molar-refractivity contribution in [1.29, 1.82) is 0 Å². The van der Waals surface area contributed by atoms with Crippen LogP contribution >= 0.6 is 0 Å². The molecule has 0 aliphatic rings. The number of amides is 1. The van der Waals surface area contributed by atoms with Crippen LogP contribution in [0.25, 0.3) is 0 Å². The van der Waals surface area contributed by atoms with Gasteiger partial charge in [0.25, 0.3) is 0 Å². The lowest BCUT2D eigenvalue weighted by atomic mass is 9.98. The van der Waals surface area contributed by atoms with Gasteiger partial charge in [-0.2, -0.15) is 0 Å². The molecular formula is C12H15NO5. The summed E-state index contributed by atoms with van der Waals surface area (Å²) >= 11 is 0. The van der Waals surface area contributed by atoms with Crippen molar-refractivity contribution >= 4 is 11.9 Å². The zero-order valence-corrected chi connectivity index (χ0v) is 9.87. The molecular weight excluding hydrogens is 238 g/mol. The highest BCUT2D eigenvalue weighted by molar-refractivity contribution is 5.94. The molecule has 1 aromatic carbocycles. The van der Waals surface area contributed by atoms with Crippen molar-refractivity contribution in [2.24, 2.45) is 5.73 Å². The first-order chi connectivity index (χ1) is 8.49. The van der Waals surface area contributed by atoms with Crippen LogP contribution in [0.15, 0.2) is 24.3 Å². The molecule has 2 atom stereocenters. The number of aliphatic hydroxyl groups excluding tert-OH is 2. The van der Waals surface area contributed by atoms with E-state index in [1.165, 1.54) is 12.1 Å². The molecule has 1 aromatic rings. The predicted molar refractivity (Wildman–Crippen MR) is 62.6 cm³/mol. The maximum Gasteiger partial charge on any atom is 0.338 e. The van der Waals surface area contributed by atoms with Crippen LogP contribution in [0.3, 0.4) is 0 Å². The number of hydrogen-bond acceptors (Lipinski definition) is 5. The van der Waals surface area contributed by atoms with Gasteiger partial charge in [0, 0.05) is 5.56 Å². The van der Waals surface area contributed by atoms with E-state index in [9.17, 15) is 19.8 Å². The van der Waals surface area contributed by atoms with E-state index in [0.29, 0.717) is 0 Å². The zero-order chi connectivity index (χ0) is 13.7. The highest BCUT2D eigenvalue weighted by Gasteiger charge is 2.29. The average molecular weight is 253 g/mol. The van der Waals surface area contributed by atoms with Gasteiger partial charge in [-0.05, 0) is 18.6 Å². The summed E-state index contributed by atoms with van der Waals surface area (Å²) in [6.45, 7) is 1.66. The van der Waals surface area contributed by atoms with Crippen molar-refractivity contribution in [3.05, 3.63) is 35.4 Å². The Morgan fingerprint density at radius 3 is 2.50 bits per heavy atom. The van der Waals surface area contributed by atoms with E-state index in [1.54, 1.807) is 19.1 Å². The van der Waals surface area contributed by atoms with Gasteiger partial charge < -0.3 is 20.7 Å². The van der Waals surface area contributed by atoms with Crippen molar-refractivity contribution in [3.63, 3.8) is 0 Å². The first kappa shape index (κ1) is 14.1. The van der Waals surface area contributed by atoms with Gasteiger partial charge in [-0.25, -0.2) is 4.79 Å². The summed E-state index contributed by atoms with van der Waals surface area (Å²) in [7, 11) is 0. The van der Waals surface area contributed by atoms with Gasteiger partial charge in [0.1, 0.15) is 6.10 Å². The molecule has 98 valence electrons. The van der Waals surface area contributed by atoms with Gasteiger partial charge in [-0.3, -0.25) is 4.79 Å². The van der Waals surface area contributed by atoms with Gasteiger partial charge in [0.15, 0.2) is 6.10 Å². The Labute approximate surface area is 104 Å². The number of esters is 1.